The zero-order valence-corrected chi connectivity index (χ0v) is 17.0. The van der Waals surface area contributed by atoms with E-state index in [-0.39, 0.29) is 18.7 Å². The summed E-state index contributed by atoms with van der Waals surface area (Å²) < 4.78 is 24.6. The van der Waals surface area contributed by atoms with Crippen molar-refractivity contribution in [1.82, 2.24) is 9.88 Å². The first-order valence-corrected chi connectivity index (χ1v) is 10.4. The van der Waals surface area contributed by atoms with Crippen molar-refractivity contribution in [3.05, 3.63) is 64.6 Å². The van der Waals surface area contributed by atoms with Crippen LogP contribution >= 0.6 is 11.6 Å². The van der Waals surface area contributed by atoms with Crippen molar-refractivity contribution >= 4 is 28.4 Å². The van der Waals surface area contributed by atoms with Crippen molar-refractivity contribution in [2.45, 2.75) is 38.3 Å². The van der Waals surface area contributed by atoms with Gasteiger partial charge in [0, 0.05) is 35.2 Å². The van der Waals surface area contributed by atoms with E-state index >= 15 is 0 Å². The second-order valence-corrected chi connectivity index (χ2v) is 8.08. The van der Waals surface area contributed by atoms with Gasteiger partial charge >= 0.3 is 0 Å². The fourth-order valence-electron chi connectivity index (χ4n) is 4.25. The number of aromatic nitrogens is 1. The van der Waals surface area contributed by atoms with Crippen LogP contribution < -0.4 is 9.47 Å². The van der Waals surface area contributed by atoms with Crippen molar-refractivity contribution in [2.24, 2.45) is 0 Å². The molecule has 7 heteroatoms. The van der Waals surface area contributed by atoms with Crippen LogP contribution in [0.5, 0.6) is 11.5 Å². The van der Waals surface area contributed by atoms with E-state index in [1.54, 1.807) is 18.2 Å². The summed E-state index contributed by atoms with van der Waals surface area (Å²) in [5.41, 5.74) is 1.80. The molecule has 0 bridgehead atoms. The molecule has 1 amide bonds. The quantitative estimate of drug-likeness (QED) is 0.528. The molecule has 0 unspecified atom stereocenters. The Morgan fingerprint density at radius 3 is 2.67 bits per heavy atom. The van der Waals surface area contributed by atoms with E-state index in [9.17, 15) is 9.18 Å². The highest BCUT2D eigenvalue weighted by Crippen LogP contribution is 2.37. The van der Waals surface area contributed by atoms with Crippen molar-refractivity contribution in [3.8, 4) is 11.5 Å². The SMILES string of the molecule is O=C(c1cccc(F)c1)N(Cc1cc2cc3c(cc2nc1Cl)OCO3)C1CCCC1. The number of pyridine rings is 1. The van der Waals surface area contributed by atoms with Crippen LogP contribution in [-0.2, 0) is 6.54 Å². The molecule has 0 radical (unpaired) electrons. The molecule has 1 aromatic heterocycles. The molecular weight excluding hydrogens is 407 g/mol. The number of ether oxygens (including phenoxy) is 2. The van der Waals surface area contributed by atoms with Crippen LogP contribution in [0.4, 0.5) is 4.39 Å². The molecule has 5 rings (SSSR count). The van der Waals surface area contributed by atoms with Crippen LogP contribution in [0, 0.1) is 5.82 Å². The van der Waals surface area contributed by atoms with Crippen LogP contribution in [0.1, 0.15) is 41.6 Å². The van der Waals surface area contributed by atoms with Gasteiger partial charge in [-0.05, 0) is 43.2 Å². The minimum absolute atomic E-state index is 0.101. The number of fused-ring (bicyclic) bond motifs is 2. The first-order chi connectivity index (χ1) is 14.6. The highest BCUT2D eigenvalue weighted by Gasteiger charge is 2.29. The molecule has 30 heavy (non-hydrogen) atoms. The Morgan fingerprint density at radius 2 is 1.90 bits per heavy atom. The number of amides is 1. The molecule has 0 N–H and O–H groups in total. The molecule has 2 heterocycles. The van der Waals surface area contributed by atoms with E-state index in [2.05, 4.69) is 4.98 Å². The third kappa shape index (κ3) is 3.56. The molecule has 1 saturated carbocycles. The Labute approximate surface area is 178 Å². The summed E-state index contributed by atoms with van der Waals surface area (Å²) in [4.78, 5) is 19.6. The van der Waals surface area contributed by atoms with Crippen LogP contribution in [0.25, 0.3) is 10.9 Å². The third-order valence-corrected chi connectivity index (χ3v) is 6.10. The lowest BCUT2D eigenvalue weighted by molar-refractivity contribution is 0.0664. The maximum Gasteiger partial charge on any atom is 0.254 e. The molecule has 0 spiro atoms. The number of carbonyl (C=O) groups excluding carboxylic acids is 1. The van der Waals surface area contributed by atoms with Crippen LogP contribution in [0.2, 0.25) is 5.15 Å². The molecule has 3 aromatic rings. The average molecular weight is 427 g/mol. The van der Waals surface area contributed by atoms with E-state index in [0.717, 1.165) is 36.6 Å². The fourth-order valence-corrected chi connectivity index (χ4v) is 4.45. The standard InChI is InChI=1S/C23H20ClFN2O3/c24-22-16(8-15-10-20-21(30-13-29-20)11-19(15)26-22)12-27(18-6-1-2-7-18)23(28)14-4-3-5-17(25)9-14/h3-5,8-11,18H,1-2,6-7,12-13H2. The van der Waals surface area contributed by atoms with Crippen LogP contribution in [0.15, 0.2) is 42.5 Å². The minimum Gasteiger partial charge on any atom is -0.454 e. The fraction of sp³-hybridized carbons (Fsp3) is 0.304. The number of rotatable bonds is 4. The zero-order chi connectivity index (χ0) is 20.7. The van der Waals surface area contributed by atoms with Crippen molar-refractivity contribution in [2.75, 3.05) is 6.79 Å². The smallest absolute Gasteiger partial charge is 0.254 e. The third-order valence-electron chi connectivity index (χ3n) is 5.77. The van der Waals surface area contributed by atoms with Gasteiger partial charge in [0.15, 0.2) is 11.5 Å². The van der Waals surface area contributed by atoms with Gasteiger partial charge < -0.3 is 14.4 Å². The molecule has 1 aliphatic carbocycles. The van der Waals surface area contributed by atoms with Gasteiger partial charge in [0.2, 0.25) is 6.79 Å². The lowest BCUT2D eigenvalue weighted by Gasteiger charge is -2.29. The first kappa shape index (κ1) is 19.1. The lowest BCUT2D eigenvalue weighted by Crippen LogP contribution is -2.38. The molecule has 5 nitrogen and oxygen atoms in total. The van der Waals surface area contributed by atoms with Gasteiger partial charge in [-0.25, -0.2) is 9.37 Å². The van der Waals surface area contributed by atoms with E-state index in [1.807, 2.05) is 17.0 Å². The molecule has 2 aliphatic rings. The predicted octanol–water partition coefficient (Wildman–Crippen LogP) is 5.34. The average Bonchev–Trinajstić information content (AvgIpc) is 3.42. The minimum atomic E-state index is -0.422. The van der Waals surface area contributed by atoms with Gasteiger partial charge in [0.25, 0.3) is 5.91 Å². The van der Waals surface area contributed by atoms with Crippen molar-refractivity contribution < 1.29 is 18.7 Å². The second kappa shape index (κ2) is 7.76. The van der Waals surface area contributed by atoms with Crippen molar-refractivity contribution in [3.63, 3.8) is 0 Å². The summed E-state index contributed by atoms with van der Waals surface area (Å²) in [5, 5.41) is 1.21. The van der Waals surface area contributed by atoms with Gasteiger partial charge in [-0.1, -0.05) is 30.5 Å². The highest BCUT2D eigenvalue weighted by molar-refractivity contribution is 6.30. The van der Waals surface area contributed by atoms with Gasteiger partial charge in [-0.15, -0.1) is 0 Å². The van der Waals surface area contributed by atoms with E-state index < -0.39 is 5.82 Å². The Bertz CT molecular complexity index is 1130. The predicted molar refractivity (Wildman–Crippen MR) is 111 cm³/mol. The maximum absolute atomic E-state index is 13.7. The first-order valence-electron chi connectivity index (χ1n) is 10.0. The summed E-state index contributed by atoms with van der Waals surface area (Å²) in [6, 6.07) is 11.5. The van der Waals surface area contributed by atoms with Crippen molar-refractivity contribution in [1.29, 1.82) is 0 Å². The normalized spacial score (nSPS) is 15.7. The number of hydrogen-bond acceptors (Lipinski definition) is 4. The molecule has 2 aromatic carbocycles. The van der Waals surface area contributed by atoms with Crippen LogP contribution in [-0.4, -0.2) is 28.6 Å². The Balaban J connectivity index is 1.51. The number of benzene rings is 2. The summed E-state index contributed by atoms with van der Waals surface area (Å²) in [7, 11) is 0. The zero-order valence-electron chi connectivity index (χ0n) is 16.2. The maximum atomic E-state index is 13.7. The Morgan fingerprint density at radius 1 is 1.13 bits per heavy atom. The summed E-state index contributed by atoms with van der Waals surface area (Å²) in [6.45, 7) is 0.500. The van der Waals surface area contributed by atoms with Gasteiger partial charge in [0.05, 0.1) is 5.52 Å². The van der Waals surface area contributed by atoms with Gasteiger partial charge in [-0.2, -0.15) is 0 Å². The molecule has 1 aliphatic heterocycles. The molecule has 0 atom stereocenters. The van der Waals surface area contributed by atoms with Gasteiger partial charge in [0.1, 0.15) is 11.0 Å². The molecular formula is C23H20ClFN2O3. The summed E-state index contributed by atoms with van der Waals surface area (Å²) in [6.07, 6.45) is 4.01. The Kier molecular flexibility index (Phi) is 4.95. The highest BCUT2D eigenvalue weighted by atomic mass is 35.5. The second-order valence-electron chi connectivity index (χ2n) is 7.72. The number of nitrogens with zero attached hydrogens (tertiary/aromatic N) is 2. The van der Waals surface area contributed by atoms with Gasteiger partial charge in [-0.3, -0.25) is 4.79 Å². The molecule has 0 saturated heterocycles. The number of carbonyl (C=O) groups is 1. The molecule has 154 valence electrons. The lowest BCUT2D eigenvalue weighted by atomic mass is 10.1. The summed E-state index contributed by atoms with van der Waals surface area (Å²) >= 11 is 6.50. The number of halogens is 2. The monoisotopic (exact) mass is 426 g/mol. The largest absolute Gasteiger partial charge is 0.454 e. The topological polar surface area (TPSA) is 51.7 Å². The van der Waals surface area contributed by atoms with E-state index in [0.29, 0.717) is 34.3 Å². The Hall–Kier alpha value is -2.86. The van der Waals surface area contributed by atoms with E-state index in [4.69, 9.17) is 21.1 Å². The summed E-state index contributed by atoms with van der Waals surface area (Å²) in [5.74, 6) is 0.700. The number of hydrogen-bond donors (Lipinski definition) is 0. The van der Waals surface area contributed by atoms with E-state index in [1.165, 1.54) is 12.1 Å². The van der Waals surface area contributed by atoms with Crippen LogP contribution in [0.3, 0.4) is 0 Å². The molecule has 1 fully saturated rings.